The molecule has 1 aliphatic rings. The van der Waals surface area contributed by atoms with Crippen molar-refractivity contribution in [1.82, 2.24) is 9.55 Å². The average molecular weight is 336 g/mol. The van der Waals surface area contributed by atoms with Crippen molar-refractivity contribution in [3.63, 3.8) is 0 Å². The summed E-state index contributed by atoms with van der Waals surface area (Å²) in [6.07, 6.45) is 0.968. The minimum absolute atomic E-state index is 0.0138. The Balaban J connectivity index is 2.11. The second-order valence-electron chi connectivity index (χ2n) is 4.74. The predicted octanol–water partition coefficient (Wildman–Crippen LogP) is 2.76. The maximum atomic E-state index is 11.1. The molecule has 0 fully saturated rings. The van der Waals surface area contributed by atoms with E-state index in [1.165, 1.54) is 0 Å². The van der Waals surface area contributed by atoms with E-state index in [2.05, 4.69) is 26.2 Å². The Kier molecular flexibility index (Phi) is 3.48. The highest BCUT2D eigenvalue weighted by atomic mass is 79.9. The first-order valence-electron chi connectivity index (χ1n) is 6.46. The van der Waals surface area contributed by atoms with Gasteiger partial charge in [0, 0.05) is 23.1 Å². The number of benzene rings is 1. The van der Waals surface area contributed by atoms with Crippen molar-refractivity contribution in [2.75, 3.05) is 11.9 Å². The second-order valence-corrected chi connectivity index (χ2v) is 5.66. The summed E-state index contributed by atoms with van der Waals surface area (Å²) in [6, 6.07) is 7.77. The summed E-state index contributed by atoms with van der Waals surface area (Å²) < 4.78 is 2.97. The fraction of sp³-hybridized carbons (Fsp3) is 0.286. The largest absolute Gasteiger partial charge is 0.481 e. The zero-order valence-electron chi connectivity index (χ0n) is 10.8. The van der Waals surface area contributed by atoms with Crippen LogP contribution in [0.25, 0.3) is 11.3 Å². The normalized spacial score (nSPS) is 13.7. The molecule has 0 saturated carbocycles. The monoisotopic (exact) mass is 335 g/mol. The van der Waals surface area contributed by atoms with E-state index in [0.29, 0.717) is 0 Å². The summed E-state index contributed by atoms with van der Waals surface area (Å²) in [5, 5.41) is 12.4. The van der Waals surface area contributed by atoms with E-state index < -0.39 is 5.97 Å². The summed E-state index contributed by atoms with van der Waals surface area (Å²) in [5.41, 5.74) is 2.46. The van der Waals surface area contributed by atoms with Crippen LogP contribution in [0.1, 0.15) is 12.1 Å². The van der Waals surface area contributed by atoms with E-state index >= 15 is 0 Å². The Labute approximate surface area is 124 Å². The van der Waals surface area contributed by atoms with Crippen LogP contribution in [0.15, 0.2) is 28.7 Å². The maximum Gasteiger partial charge on any atom is 0.309 e. The van der Waals surface area contributed by atoms with E-state index in [1.54, 1.807) is 0 Å². The highest BCUT2D eigenvalue weighted by molar-refractivity contribution is 9.10. The first-order chi connectivity index (χ1) is 9.65. The Morgan fingerprint density at radius 1 is 1.40 bits per heavy atom. The number of hydrogen-bond acceptors (Lipinski definition) is 3. The van der Waals surface area contributed by atoms with Crippen LogP contribution in [0.2, 0.25) is 0 Å². The number of hydrogen-bond donors (Lipinski definition) is 2. The summed E-state index contributed by atoms with van der Waals surface area (Å²) in [6.45, 7) is 1.69. The predicted molar refractivity (Wildman–Crippen MR) is 79.8 cm³/mol. The van der Waals surface area contributed by atoms with Gasteiger partial charge in [0.05, 0.1) is 17.8 Å². The lowest BCUT2D eigenvalue weighted by Crippen LogP contribution is -2.19. The molecular weight excluding hydrogens is 322 g/mol. The quantitative estimate of drug-likeness (QED) is 0.905. The zero-order valence-corrected chi connectivity index (χ0v) is 12.4. The second kappa shape index (κ2) is 5.28. The standard InChI is InChI=1S/C14H14BrN3O2/c15-10-4-2-9(3-5-10)13-11(8-12(19)20)18-7-1-6-16-14(18)17-13/h2-5H,1,6-8H2,(H,16,17)(H,19,20). The SMILES string of the molecule is O=C(O)Cc1c(-c2ccc(Br)cc2)nc2n1CCCN2. The summed E-state index contributed by atoms with van der Waals surface area (Å²) in [4.78, 5) is 15.7. The number of imidazole rings is 1. The van der Waals surface area contributed by atoms with Crippen LogP contribution >= 0.6 is 15.9 Å². The van der Waals surface area contributed by atoms with Crippen molar-refractivity contribution in [3.05, 3.63) is 34.4 Å². The van der Waals surface area contributed by atoms with E-state index in [1.807, 2.05) is 28.8 Å². The van der Waals surface area contributed by atoms with Gasteiger partial charge >= 0.3 is 5.97 Å². The molecule has 0 radical (unpaired) electrons. The Bertz CT molecular complexity index is 649. The fourth-order valence-electron chi connectivity index (χ4n) is 2.46. The number of aliphatic carboxylic acids is 1. The lowest BCUT2D eigenvalue weighted by atomic mass is 10.1. The van der Waals surface area contributed by atoms with Crippen LogP contribution in [-0.4, -0.2) is 27.2 Å². The molecular formula is C14H14BrN3O2. The first-order valence-corrected chi connectivity index (χ1v) is 7.25. The Morgan fingerprint density at radius 3 is 2.85 bits per heavy atom. The van der Waals surface area contributed by atoms with E-state index in [-0.39, 0.29) is 6.42 Å². The molecule has 0 aliphatic carbocycles. The van der Waals surface area contributed by atoms with E-state index in [0.717, 1.165) is 46.9 Å². The number of carbonyl (C=O) groups is 1. The van der Waals surface area contributed by atoms with Gasteiger partial charge in [-0.3, -0.25) is 4.79 Å². The van der Waals surface area contributed by atoms with Crippen LogP contribution < -0.4 is 5.32 Å². The molecule has 1 aliphatic heterocycles. The van der Waals surface area contributed by atoms with Gasteiger partial charge in [-0.15, -0.1) is 0 Å². The number of rotatable bonds is 3. The number of anilines is 1. The third-order valence-corrected chi connectivity index (χ3v) is 3.88. The van der Waals surface area contributed by atoms with E-state index in [4.69, 9.17) is 5.11 Å². The van der Waals surface area contributed by atoms with Crippen molar-refractivity contribution >= 4 is 27.8 Å². The van der Waals surface area contributed by atoms with Crippen LogP contribution in [0, 0.1) is 0 Å². The summed E-state index contributed by atoms with van der Waals surface area (Å²) >= 11 is 3.40. The summed E-state index contributed by atoms with van der Waals surface area (Å²) in [5.74, 6) is -0.0675. The van der Waals surface area contributed by atoms with Crippen LogP contribution in [0.3, 0.4) is 0 Å². The zero-order chi connectivity index (χ0) is 14.1. The van der Waals surface area contributed by atoms with Crippen molar-refractivity contribution in [1.29, 1.82) is 0 Å². The molecule has 2 aromatic rings. The number of nitrogens with one attached hydrogen (secondary N) is 1. The minimum Gasteiger partial charge on any atom is -0.481 e. The molecule has 2 N–H and O–H groups in total. The third-order valence-electron chi connectivity index (χ3n) is 3.35. The topological polar surface area (TPSA) is 67.1 Å². The highest BCUT2D eigenvalue weighted by Crippen LogP contribution is 2.29. The number of halogens is 1. The van der Waals surface area contributed by atoms with Crippen LogP contribution in [0.5, 0.6) is 0 Å². The number of aromatic nitrogens is 2. The molecule has 0 amide bonds. The lowest BCUT2D eigenvalue weighted by Gasteiger charge is -2.17. The number of carboxylic acid groups (broad SMARTS) is 1. The molecule has 1 aromatic heterocycles. The molecule has 0 unspecified atom stereocenters. The first kappa shape index (κ1) is 13.2. The Hall–Kier alpha value is -1.82. The van der Waals surface area contributed by atoms with Gasteiger partial charge in [-0.05, 0) is 18.6 Å². The smallest absolute Gasteiger partial charge is 0.309 e. The summed E-state index contributed by atoms with van der Waals surface area (Å²) in [7, 11) is 0. The molecule has 0 atom stereocenters. The van der Waals surface area contributed by atoms with Gasteiger partial charge in [0.25, 0.3) is 0 Å². The molecule has 5 nitrogen and oxygen atoms in total. The van der Waals surface area contributed by atoms with Gasteiger partial charge < -0.3 is 15.0 Å². The fourth-order valence-corrected chi connectivity index (χ4v) is 2.73. The molecule has 20 heavy (non-hydrogen) atoms. The molecule has 3 rings (SSSR count). The van der Waals surface area contributed by atoms with Crippen LogP contribution in [-0.2, 0) is 17.8 Å². The minimum atomic E-state index is -0.836. The number of nitrogens with zero attached hydrogens (tertiary/aromatic N) is 2. The molecule has 6 heteroatoms. The van der Waals surface area contributed by atoms with E-state index in [9.17, 15) is 4.79 Å². The molecule has 2 heterocycles. The van der Waals surface area contributed by atoms with Crippen molar-refractivity contribution in [2.45, 2.75) is 19.4 Å². The van der Waals surface area contributed by atoms with Gasteiger partial charge in [0.15, 0.2) is 0 Å². The van der Waals surface area contributed by atoms with Gasteiger partial charge in [0.1, 0.15) is 0 Å². The third kappa shape index (κ3) is 2.43. The van der Waals surface area contributed by atoms with Crippen molar-refractivity contribution in [2.24, 2.45) is 0 Å². The lowest BCUT2D eigenvalue weighted by molar-refractivity contribution is -0.136. The molecule has 0 bridgehead atoms. The average Bonchev–Trinajstić information content (AvgIpc) is 2.78. The molecule has 0 saturated heterocycles. The Morgan fingerprint density at radius 2 is 2.15 bits per heavy atom. The van der Waals surface area contributed by atoms with Crippen molar-refractivity contribution < 1.29 is 9.90 Å². The van der Waals surface area contributed by atoms with Gasteiger partial charge in [0.2, 0.25) is 5.95 Å². The number of fused-ring (bicyclic) bond motifs is 1. The number of carboxylic acids is 1. The van der Waals surface area contributed by atoms with Gasteiger partial charge in [-0.2, -0.15) is 0 Å². The molecule has 104 valence electrons. The maximum absolute atomic E-state index is 11.1. The van der Waals surface area contributed by atoms with Gasteiger partial charge in [-0.25, -0.2) is 4.98 Å². The van der Waals surface area contributed by atoms with Gasteiger partial charge in [-0.1, -0.05) is 28.1 Å². The van der Waals surface area contributed by atoms with Crippen molar-refractivity contribution in [3.8, 4) is 11.3 Å². The molecule has 0 spiro atoms. The van der Waals surface area contributed by atoms with Crippen LogP contribution in [0.4, 0.5) is 5.95 Å². The highest BCUT2D eigenvalue weighted by Gasteiger charge is 2.22. The molecule has 1 aromatic carbocycles.